The van der Waals surface area contributed by atoms with Crippen LogP contribution < -0.4 is 5.73 Å². The van der Waals surface area contributed by atoms with Crippen LogP contribution in [0.1, 0.15) is 18.9 Å². The third kappa shape index (κ3) is 4.16. The van der Waals surface area contributed by atoms with Crippen molar-refractivity contribution in [2.45, 2.75) is 30.5 Å². The first kappa shape index (κ1) is 17.1. The minimum absolute atomic E-state index is 0.0501. The number of carbonyl (C=O) groups excluding carboxylic acids is 1. The van der Waals surface area contributed by atoms with Crippen LogP contribution in [0.5, 0.6) is 0 Å². The van der Waals surface area contributed by atoms with Gasteiger partial charge in [-0.2, -0.15) is 13.2 Å². The molecule has 2 atom stereocenters. The van der Waals surface area contributed by atoms with Crippen molar-refractivity contribution in [2.24, 2.45) is 11.7 Å². The van der Waals surface area contributed by atoms with Crippen molar-refractivity contribution in [3.63, 3.8) is 0 Å². The molecule has 1 saturated heterocycles. The van der Waals surface area contributed by atoms with E-state index in [9.17, 15) is 18.0 Å². The number of halogens is 3. The Morgan fingerprint density at radius 2 is 2.18 bits per heavy atom. The molecule has 7 heteroatoms. The molecule has 1 aromatic carbocycles. The zero-order chi connectivity index (χ0) is 16.3. The molecule has 0 aromatic heterocycles. The number of thioether (sulfide) groups is 1. The molecule has 1 aliphatic rings. The highest BCUT2D eigenvalue weighted by atomic mass is 32.2. The van der Waals surface area contributed by atoms with Gasteiger partial charge in [-0.1, -0.05) is 6.07 Å². The number of hydrogen-bond donors (Lipinski definition) is 1. The normalized spacial score (nSPS) is 22.1. The zero-order valence-corrected chi connectivity index (χ0v) is 13.1. The maximum Gasteiger partial charge on any atom is 0.416 e. The topological polar surface area (TPSA) is 46.3 Å². The second-order valence-corrected chi connectivity index (χ2v) is 6.60. The highest BCUT2D eigenvalue weighted by molar-refractivity contribution is 8.00. The van der Waals surface area contributed by atoms with E-state index in [2.05, 4.69) is 0 Å². The average molecular weight is 332 g/mol. The predicted molar refractivity (Wildman–Crippen MR) is 80.5 cm³/mol. The van der Waals surface area contributed by atoms with E-state index in [-0.39, 0.29) is 17.7 Å². The largest absolute Gasteiger partial charge is 0.416 e. The number of likely N-dealkylation sites (tertiary alicyclic amines) is 1. The Hall–Kier alpha value is -1.21. The lowest BCUT2D eigenvalue weighted by Crippen LogP contribution is -2.35. The fourth-order valence-corrected chi connectivity index (χ4v) is 3.49. The van der Waals surface area contributed by atoms with Gasteiger partial charge >= 0.3 is 6.18 Å². The molecule has 0 radical (unpaired) electrons. The Morgan fingerprint density at radius 3 is 2.77 bits per heavy atom. The monoisotopic (exact) mass is 332 g/mol. The quantitative estimate of drug-likeness (QED) is 0.862. The molecule has 1 fully saturated rings. The number of hydrogen-bond acceptors (Lipinski definition) is 3. The van der Waals surface area contributed by atoms with Gasteiger partial charge in [-0.3, -0.25) is 4.79 Å². The molecule has 0 bridgehead atoms. The summed E-state index contributed by atoms with van der Waals surface area (Å²) in [5, 5.41) is 0. The van der Waals surface area contributed by atoms with Crippen LogP contribution in [0.2, 0.25) is 0 Å². The second kappa shape index (κ2) is 6.91. The van der Waals surface area contributed by atoms with E-state index in [0.717, 1.165) is 30.3 Å². The molecular weight excluding hydrogens is 313 g/mol. The van der Waals surface area contributed by atoms with Crippen molar-refractivity contribution in [3.05, 3.63) is 29.8 Å². The zero-order valence-electron chi connectivity index (χ0n) is 12.3. The van der Waals surface area contributed by atoms with Crippen LogP contribution >= 0.6 is 11.8 Å². The number of benzene rings is 1. The molecule has 22 heavy (non-hydrogen) atoms. The van der Waals surface area contributed by atoms with Crippen molar-refractivity contribution in [1.82, 2.24) is 4.90 Å². The molecule has 1 amide bonds. The lowest BCUT2D eigenvalue weighted by Gasteiger charge is -2.21. The summed E-state index contributed by atoms with van der Waals surface area (Å²) in [6, 6.07) is 5.19. The van der Waals surface area contributed by atoms with E-state index in [0.29, 0.717) is 23.9 Å². The first-order chi connectivity index (χ1) is 10.3. The molecule has 0 spiro atoms. The number of carbonyl (C=O) groups is 1. The Morgan fingerprint density at radius 1 is 1.45 bits per heavy atom. The van der Waals surface area contributed by atoms with E-state index in [1.54, 1.807) is 11.0 Å². The van der Waals surface area contributed by atoms with Crippen LogP contribution in [0.4, 0.5) is 13.2 Å². The summed E-state index contributed by atoms with van der Waals surface area (Å²) in [6.07, 6.45) is -3.48. The lowest BCUT2D eigenvalue weighted by atomic mass is 10.1. The van der Waals surface area contributed by atoms with Gasteiger partial charge in [0.15, 0.2) is 0 Å². The predicted octanol–water partition coefficient (Wildman–Crippen LogP) is 2.99. The van der Waals surface area contributed by atoms with Crippen LogP contribution in [-0.2, 0) is 11.0 Å². The van der Waals surface area contributed by atoms with Gasteiger partial charge in [0.1, 0.15) is 0 Å². The summed E-state index contributed by atoms with van der Waals surface area (Å²) in [5.41, 5.74) is 4.94. The summed E-state index contributed by atoms with van der Waals surface area (Å²) in [7, 11) is 0. The second-order valence-electron chi connectivity index (χ2n) is 5.55. The Bertz CT molecular complexity index is 536. The van der Waals surface area contributed by atoms with Crippen molar-refractivity contribution in [2.75, 3.05) is 18.8 Å². The van der Waals surface area contributed by atoms with Gasteiger partial charge in [-0.15, -0.1) is 11.8 Å². The van der Waals surface area contributed by atoms with Crippen LogP contribution in [-0.4, -0.2) is 35.7 Å². The van der Waals surface area contributed by atoms with Gasteiger partial charge in [0.2, 0.25) is 5.91 Å². The highest BCUT2D eigenvalue weighted by Gasteiger charge is 2.32. The van der Waals surface area contributed by atoms with E-state index in [1.165, 1.54) is 6.07 Å². The number of amides is 1. The van der Waals surface area contributed by atoms with E-state index >= 15 is 0 Å². The lowest BCUT2D eigenvalue weighted by molar-refractivity contribution is -0.137. The maximum absolute atomic E-state index is 12.6. The molecule has 1 aliphatic heterocycles. The molecule has 122 valence electrons. The molecule has 2 unspecified atom stereocenters. The Labute approximate surface area is 132 Å². The third-order valence-electron chi connectivity index (χ3n) is 3.84. The number of nitrogens with two attached hydrogens (primary N) is 1. The number of nitrogens with zero attached hydrogens (tertiary/aromatic N) is 1. The first-order valence-electron chi connectivity index (χ1n) is 7.11. The van der Waals surface area contributed by atoms with E-state index in [4.69, 9.17) is 5.73 Å². The van der Waals surface area contributed by atoms with E-state index in [1.807, 2.05) is 6.92 Å². The smallest absolute Gasteiger partial charge is 0.339 e. The fraction of sp³-hybridized carbons (Fsp3) is 0.533. The maximum atomic E-state index is 12.6. The molecule has 2 N–H and O–H groups in total. The Kier molecular flexibility index (Phi) is 5.39. The minimum atomic E-state index is -4.36. The molecule has 3 nitrogen and oxygen atoms in total. The van der Waals surface area contributed by atoms with Gasteiger partial charge in [0.05, 0.1) is 11.3 Å². The van der Waals surface area contributed by atoms with Crippen molar-refractivity contribution in [1.29, 1.82) is 0 Å². The molecule has 2 rings (SSSR count). The van der Waals surface area contributed by atoms with Crippen molar-refractivity contribution < 1.29 is 18.0 Å². The minimum Gasteiger partial charge on any atom is -0.339 e. The summed E-state index contributed by atoms with van der Waals surface area (Å²) < 4.78 is 37.9. The average Bonchev–Trinajstić information content (AvgIpc) is 2.85. The van der Waals surface area contributed by atoms with Gasteiger partial charge in [0.25, 0.3) is 0 Å². The molecule has 1 aromatic rings. The summed E-state index contributed by atoms with van der Waals surface area (Å²) in [4.78, 5) is 14.4. The fourth-order valence-electron chi connectivity index (χ4n) is 2.65. The standard InChI is InChI=1S/C15H19F3N2OS/c1-10-5-11(7-19)8-20(10)14(21)9-22-13-4-2-3-12(6-13)15(16,17)18/h2-4,6,10-11H,5,7-9,19H2,1H3. The van der Waals surface area contributed by atoms with Crippen LogP contribution in [0.25, 0.3) is 0 Å². The highest BCUT2D eigenvalue weighted by Crippen LogP contribution is 2.32. The Balaban J connectivity index is 1.94. The SMILES string of the molecule is CC1CC(CN)CN1C(=O)CSc1cccc(C(F)(F)F)c1. The molecular formula is C15H19F3N2OS. The number of rotatable bonds is 4. The molecule has 0 aliphatic carbocycles. The molecule has 0 saturated carbocycles. The van der Waals surface area contributed by atoms with Gasteiger partial charge in [-0.25, -0.2) is 0 Å². The summed E-state index contributed by atoms with van der Waals surface area (Å²) >= 11 is 1.13. The summed E-state index contributed by atoms with van der Waals surface area (Å²) in [6.45, 7) is 3.16. The van der Waals surface area contributed by atoms with Crippen molar-refractivity contribution in [3.8, 4) is 0 Å². The molecule has 1 heterocycles. The third-order valence-corrected chi connectivity index (χ3v) is 4.82. The van der Waals surface area contributed by atoms with Crippen LogP contribution in [0, 0.1) is 5.92 Å². The van der Waals surface area contributed by atoms with Gasteiger partial charge < -0.3 is 10.6 Å². The van der Waals surface area contributed by atoms with Crippen LogP contribution in [0.15, 0.2) is 29.2 Å². The van der Waals surface area contributed by atoms with Gasteiger partial charge in [-0.05, 0) is 44.0 Å². The van der Waals surface area contributed by atoms with Crippen LogP contribution in [0.3, 0.4) is 0 Å². The van der Waals surface area contributed by atoms with E-state index < -0.39 is 11.7 Å². The van der Waals surface area contributed by atoms with Crippen molar-refractivity contribution >= 4 is 17.7 Å². The number of alkyl halides is 3. The van der Waals surface area contributed by atoms with Gasteiger partial charge in [0, 0.05) is 17.5 Å². The first-order valence-corrected chi connectivity index (χ1v) is 8.09. The summed E-state index contributed by atoms with van der Waals surface area (Å²) in [5.74, 6) is 0.409.